The van der Waals surface area contributed by atoms with Crippen LogP contribution in [-0.2, 0) is 9.59 Å². The maximum absolute atomic E-state index is 13.2. The number of hydrogen-bond donors (Lipinski definition) is 1. The summed E-state index contributed by atoms with van der Waals surface area (Å²) in [5, 5.41) is 10.2. The molecular weight excluding hydrogens is 348 g/mol. The van der Waals surface area contributed by atoms with Crippen LogP contribution in [0.4, 0.5) is 0 Å². The average Bonchev–Trinajstić information content (AvgIpc) is 3.11. The van der Waals surface area contributed by atoms with Gasteiger partial charge in [0.1, 0.15) is 0 Å². The van der Waals surface area contributed by atoms with Gasteiger partial charge in [0.2, 0.25) is 5.91 Å². The summed E-state index contributed by atoms with van der Waals surface area (Å²) in [7, 11) is 0. The van der Waals surface area contributed by atoms with Gasteiger partial charge in [0.05, 0.1) is 27.1 Å². The van der Waals surface area contributed by atoms with Gasteiger partial charge in [-0.15, -0.1) is 11.3 Å². The number of likely N-dealkylation sites (tertiary alicyclic amines) is 1. The molecule has 0 bridgehead atoms. The zero-order valence-corrected chi connectivity index (χ0v) is 15.3. The Labute approximate surface area is 156 Å². The molecule has 1 aliphatic heterocycles. The Morgan fingerprint density at radius 3 is 2.58 bits per heavy atom. The van der Waals surface area contributed by atoms with Crippen molar-refractivity contribution < 1.29 is 14.7 Å². The highest BCUT2D eigenvalue weighted by atomic mass is 32.1. The fraction of sp³-hybridized carbons (Fsp3) is 0.450. The number of aliphatic carboxylic acids is 1. The molecule has 0 saturated carbocycles. The van der Waals surface area contributed by atoms with Gasteiger partial charge < -0.3 is 10.0 Å². The molecule has 1 saturated heterocycles. The molecule has 4 rings (SSSR count). The lowest BCUT2D eigenvalue weighted by Gasteiger charge is -2.35. The lowest BCUT2D eigenvalue weighted by molar-refractivity contribution is -0.147. The lowest BCUT2D eigenvalue weighted by atomic mass is 9.81. The number of allylic oxidation sites excluding steroid dienone is 2. The number of carboxylic acid groups (broad SMARTS) is 1. The monoisotopic (exact) mass is 370 g/mol. The van der Waals surface area contributed by atoms with E-state index in [1.807, 2.05) is 23.1 Å². The Morgan fingerprint density at radius 2 is 1.85 bits per heavy atom. The van der Waals surface area contributed by atoms with Crippen molar-refractivity contribution in [3.8, 4) is 0 Å². The van der Waals surface area contributed by atoms with E-state index in [2.05, 4.69) is 18.2 Å². The number of rotatable bonds is 3. The summed E-state index contributed by atoms with van der Waals surface area (Å²) in [6, 6.07) is 8.09. The number of benzene rings is 1. The van der Waals surface area contributed by atoms with E-state index >= 15 is 0 Å². The van der Waals surface area contributed by atoms with Crippen molar-refractivity contribution in [3.63, 3.8) is 0 Å². The predicted molar refractivity (Wildman–Crippen MR) is 101 cm³/mol. The SMILES string of the molecule is O=C(O)C1CCN(C(=O)[C@@H]2CC=CC[C@@H]2c2nc3ccccc3s2)CC1. The second kappa shape index (κ2) is 7.19. The van der Waals surface area contributed by atoms with E-state index in [1.165, 1.54) is 0 Å². The summed E-state index contributed by atoms with van der Waals surface area (Å²) in [6.45, 7) is 1.09. The number of piperidine rings is 1. The smallest absolute Gasteiger partial charge is 0.306 e. The summed E-state index contributed by atoms with van der Waals surface area (Å²) < 4.78 is 1.16. The van der Waals surface area contributed by atoms with Crippen LogP contribution >= 0.6 is 11.3 Å². The number of para-hydroxylation sites is 1. The van der Waals surface area contributed by atoms with Crippen LogP contribution in [0.5, 0.6) is 0 Å². The molecule has 1 fully saturated rings. The van der Waals surface area contributed by atoms with Crippen molar-refractivity contribution >= 4 is 33.4 Å². The molecule has 26 heavy (non-hydrogen) atoms. The Morgan fingerprint density at radius 1 is 1.12 bits per heavy atom. The molecule has 0 spiro atoms. The minimum absolute atomic E-state index is 0.0954. The van der Waals surface area contributed by atoms with Gasteiger partial charge in [0.25, 0.3) is 0 Å². The van der Waals surface area contributed by atoms with Gasteiger partial charge in [-0.05, 0) is 37.8 Å². The first-order valence-electron chi connectivity index (χ1n) is 9.15. The minimum Gasteiger partial charge on any atom is -0.481 e. The number of thiazole rings is 1. The Kier molecular flexibility index (Phi) is 4.76. The molecule has 1 amide bonds. The van der Waals surface area contributed by atoms with Gasteiger partial charge in [-0.2, -0.15) is 0 Å². The number of fused-ring (bicyclic) bond motifs is 1. The van der Waals surface area contributed by atoms with E-state index in [0.717, 1.165) is 28.1 Å². The summed E-state index contributed by atoms with van der Waals surface area (Å²) >= 11 is 1.68. The topological polar surface area (TPSA) is 70.5 Å². The van der Waals surface area contributed by atoms with Gasteiger partial charge in [0, 0.05) is 19.0 Å². The van der Waals surface area contributed by atoms with E-state index in [1.54, 1.807) is 11.3 Å². The molecule has 1 aromatic carbocycles. The first kappa shape index (κ1) is 17.2. The summed E-state index contributed by atoms with van der Waals surface area (Å²) in [5.74, 6) is -0.887. The molecule has 2 aliphatic rings. The molecule has 1 aromatic heterocycles. The molecule has 0 radical (unpaired) electrons. The van der Waals surface area contributed by atoms with E-state index in [9.17, 15) is 9.59 Å². The minimum atomic E-state index is -0.745. The van der Waals surface area contributed by atoms with Crippen molar-refractivity contribution in [2.45, 2.75) is 31.6 Å². The zero-order valence-electron chi connectivity index (χ0n) is 14.5. The van der Waals surface area contributed by atoms with Gasteiger partial charge >= 0.3 is 5.97 Å². The Bertz CT molecular complexity index is 819. The second-order valence-electron chi connectivity index (χ2n) is 7.11. The van der Waals surface area contributed by atoms with E-state index in [4.69, 9.17) is 10.1 Å². The molecule has 5 nitrogen and oxygen atoms in total. The first-order chi connectivity index (χ1) is 12.6. The maximum Gasteiger partial charge on any atom is 0.306 e. The van der Waals surface area contributed by atoms with Crippen LogP contribution in [0, 0.1) is 11.8 Å². The van der Waals surface area contributed by atoms with Crippen LogP contribution in [0.25, 0.3) is 10.2 Å². The average molecular weight is 370 g/mol. The number of amides is 1. The van der Waals surface area contributed by atoms with Crippen LogP contribution in [0.2, 0.25) is 0 Å². The number of carboxylic acids is 1. The number of carbonyl (C=O) groups excluding carboxylic acids is 1. The highest BCUT2D eigenvalue weighted by Gasteiger charge is 2.36. The van der Waals surface area contributed by atoms with Crippen molar-refractivity contribution in [2.24, 2.45) is 11.8 Å². The highest BCUT2D eigenvalue weighted by Crippen LogP contribution is 2.39. The Balaban J connectivity index is 1.53. The van der Waals surface area contributed by atoms with Crippen molar-refractivity contribution in [3.05, 3.63) is 41.4 Å². The maximum atomic E-state index is 13.2. The van der Waals surface area contributed by atoms with Gasteiger partial charge in [-0.25, -0.2) is 4.98 Å². The summed E-state index contributed by atoms with van der Waals surface area (Å²) in [5.41, 5.74) is 0.996. The van der Waals surface area contributed by atoms with Gasteiger partial charge in [-0.3, -0.25) is 9.59 Å². The third kappa shape index (κ3) is 3.26. The number of aromatic nitrogens is 1. The standard InChI is InChI=1S/C20H22N2O3S/c23-19(22-11-9-13(10-12-22)20(24)25)15-6-2-1-5-14(15)18-21-16-7-3-4-8-17(16)26-18/h1-4,7-8,13-15H,5-6,9-12H2,(H,24,25)/t14-,15+/m0/s1. The van der Waals surface area contributed by atoms with Crippen molar-refractivity contribution in [2.75, 3.05) is 13.1 Å². The molecule has 1 aliphatic carbocycles. The van der Waals surface area contributed by atoms with E-state index < -0.39 is 5.97 Å². The second-order valence-corrected chi connectivity index (χ2v) is 8.18. The summed E-state index contributed by atoms with van der Waals surface area (Å²) in [6.07, 6.45) is 6.92. The Hall–Kier alpha value is -2.21. The molecule has 6 heteroatoms. The van der Waals surface area contributed by atoms with Crippen LogP contribution in [0.1, 0.15) is 36.6 Å². The summed E-state index contributed by atoms with van der Waals surface area (Å²) in [4.78, 5) is 30.9. The lowest BCUT2D eigenvalue weighted by Crippen LogP contribution is -2.44. The normalized spacial score (nSPS) is 24.1. The fourth-order valence-corrected chi connectivity index (χ4v) is 5.14. The molecule has 2 aromatic rings. The molecule has 0 unspecified atom stereocenters. The predicted octanol–water partition coefficient (Wildman–Crippen LogP) is 3.67. The molecule has 1 N–H and O–H groups in total. The zero-order chi connectivity index (χ0) is 18.1. The van der Waals surface area contributed by atoms with Crippen LogP contribution < -0.4 is 0 Å². The largest absolute Gasteiger partial charge is 0.481 e. The number of hydrogen-bond acceptors (Lipinski definition) is 4. The van der Waals surface area contributed by atoms with Crippen molar-refractivity contribution in [1.82, 2.24) is 9.88 Å². The third-order valence-corrected chi connectivity index (χ3v) is 6.70. The molecule has 2 atom stereocenters. The fourth-order valence-electron chi connectivity index (χ4n) is 3.99. The van der Waals surface area contributed by atoms with Gasteiger partial charge in [-0.1, -0.05) is 24.3 Å². The first-order valence-corrected chi connectivity index (χ1v) is 9.97. The quantitative estimate of drug-likeness (QED) is 0.837. The van der Waals surface area contributed by atoms with Crippen LogP contribution in [0.15, 0.2) is 36.4 Å². The van der Waals surface area contributed by atoms with Crippen molar-refractivity contribution in [1.29, 1.82) is 0 Å². The number of carbonyl (C=O) groups is 2. The molecule has 2 heterocycles. The van der Waals surface area contributed by atoms with E-state index in [-0.39, 0.29) is 23.7 Å². The third-order valence-electron chi connectivity index (χ3n) is 5.53. The van der Waals surface area contributed by atoms with E-state index in [0.29, 0.717) is 25.9 Å². The molecular formula is C20H22N2O3S. The van der Waals surface area contributed by atoms with Crippen LogP contribution in [-0.4, -0.2) is 40.0 Å². The van der Waals surface area contributed by atoms with Crippen LogP contribution in [0.3, 0.4) is 0 Å². The highest BCUT2D eigenvalue weighted by molar-refractivity contribution is 7.18. The molecule has 136 valence electrons. The van der Waals surface area contributed by atoms with Gasteiger partial charge in [0.15, 0.2) is 0 Å². The number of nitrogens with zero attached hydrogens (tertiary/aromatic N) is 2.